The van der Waals surface area contributed by atoms with Crippen molar-refractivity contribution in [2.45, 2.75) is 37.9 Å². The fraction of sp³-hybridized carbons (Fsp3) is 0.533. The lowest BCUT2D eigenvalue weighted by atomic mass is 10.0. The van der Waals surface area contributed by atoms with Gasteiger partial charge in [-0.25, -0.2) is 0 Å². The quantitative estimate of drug-likeness (QED) is 0.917. The van der Waals surface area contributed by atoms with Crippen LogP contribution < -0.4 is 5.73 Å². The minimum atomic E-state index is -0.112. The summed E-state index contributed by atoms with van der Waals surface area (Å²) >= 11 is 0. The standard InChI is InChI=1S/C15H21N3O/c1-18-14-7-3-2-6-12(14)13(17-18)10-19-15(11-16)8-4-5-9-15/h2-3,6-7H,4-5,8-11,16H2,1H3. The number of hydrogen-bond donors (Lipinski definition) is 1. The van der Waals surface area contributed by atoms with Crippen molar-refractivity contribution >= 4 is 10.9 Å². The predicted octanol–water partition coefficient (Wildman–Crippen LogP) is 2.36. The molecule has 0 bridgehead atoms. The van der Waals surface area contributed by atoms with Crippen molar-refractivity contribution in [1.29, 1.82) is 0 Å². The zero-order valence-corrected chi connectivity index (χ0v) is 11.4. The molecule has 0 unspecified atom stereocenters. The first-order chi connectivity index (χ1) is 9.24. The van der Waals surface area contributed by atoms with Gasteiger partial charge in [0.05, 0.1) is 23.4 Å². The molecule has 1 aromatic carbocycles. The lowest BCUT2D eigenvalue weighted by molar-refractivity contribution is -0.0458. The van der Waals surface area contributed by atoms with Gasteiger partial charge in [0.1, 0.15) is 0 Å². The number of aryl methyl sites for hydroxylation is 1. The van der Waals surface area contributed by atoms with Gasteiger partial charge in [-0.15, -0.1) is 0 Å². The topological polar surface area (TPSA) is 53.1 Å². The van der Waals surface area contributed by atoms with Gasteiger partial charge in [-0.1, -0.05) is 31.0 Å². The molecule has 1 heterocycles. The lowest BCUT2D eigenvalue weighted by Crippen LogP contribution is -2.37. The number of rotatable bonds is 4. The first-order valence-electron chi connectivity index (χ1n) is 6.99. The van der Waals surface area contributed by atoms with Crippen molar-refractivity contribution in [1.82, 2.24) is 9.78 Å². The van der Waals surface area contributed by atoms with Gasteiger partial charge < -0.3 is 10.5 Å². The van der Waals surface area contributed by atoms with Gasteiger partial charge >= 0.3 is 0 Å². The molecule has 1 aromatic heterocycles. The van der Waals surface area contributed by atoms with Crippen LogP contribution in [0.15, 0.2) is 24.3 Å². The molecule has 0 saturated heterocycles. The molecule has 1 saturated carbocycles. The lowest BCUT2D eigenvalue weighted by Gasteiger charge is -2.27. The minimum absolute atomic E-state index is 0.112. The van der Waals surface area contributed by atoms with E-state index in [0.29, 0.717) is 13.2 Å². The number of benzene rings is 1. The molecule has 4 heteroatoms. The van der Waals surface area contributed by atoms with E-state index < -0.39 is 0 Å². The molecule has 0 amide bonds. The second-order valence-electron chi connectivity index (χ2n) is 5.47. The average molecular weight is 259 g/mol. The highest BCUT2D eigenvalue weighted by molar-refractivity contribution is 5.81. The number of para-hydroxylation sites is 1. The molecule has 2 aromatic rings. The molecular formula is C15H21N3O. The molecule has 0 radical (unpaired) electrons. The Morgan fingerprint density at radius 2 is 2.05 bits per heavy atom. The van der Waals surface area contributed by atoms with Crippen LogP contribution in [-0.2, 0) is 18.4 Å². The number of nitrogens with two attached hydrogens (primary N) is 1. The zero-order valence-electron chi connectivity index (χ0n) is 11.4. The Balaban J connectivity index is 1.82. The van der Waals surface area contributed by atoms with Crippen molar-refractivity contribution < 1.29 is 4.74 Å². The van der Waals surface area contributed by atoms with Crippen LogP contribution in [0.4, 0.5) is 0 Å². The van der Waals surface area contributed by atoms with Gasteiger partial charge in [-0.2, -0.15) is 5.10 Å². The normalized spacial score (nSPS) is 18.2. The maximum absolute atomic E-state index is 6.15. The number of ether oxygens (including phenoxy) is 1. The number of hydrogen-bond acceptors (Lipinski definition) is 3. The molecule has 1 aliphatic carbocycles. The van der Waals surface area contributed by atoms with E-state index in [1.54, 1.807) is 0 Å². The summed E-state index contributed by atoms with van der Waals surface area (Å²) in [5, 5.41) is 5.74. The molecule has 3 rings (SSSR count). The zero-order chi connectivity index (χ0) is 13.3. The number of aromatic nitrogens is 2. The van der Waals surface area contributed by atoms with Crippen LogP contribution in [0.3, 0.4) is 0 Å². The first-order valence-corrected chi connectivity index (χ1v) is 6.99. The molecular weight excluding hydrogens is 238 g/mol. The Labute approximate surface area is 113 Å². The van der Waals surface area contributed by atoms with Crippen LogP contribution in [0.1, 0.15) is 31.4 Å². The van der Waals surface area contributed by atoms with Gasteiger partial charge in [0.25, 0.3) is 0 Å². The Bertz CT molecular complexity index is 570. The van der Waals surface area contributed by atoms with Crippen LogP contribution >= 0.6 is 0 Å². The van der Waals surface area contributed by atoms with E-state index >= 15 is 0 Å². The van der Waals surface area contributed by atoms with Gasteiger partial charge in [0.15, 0.2) is 0 Å². The van der Waals surface area contributed by atoms with E-state index in [-0.39, 0.29) is 5.60 Å². The first kappa shape index (κ1) is 12.6. The Morgan fingerprint density at radius 1 is 1.32 bits per heavy atom. The van der Waals surface area contributed by atoms with Crippen molar-refractivity contribution in [3.63, 3.8) is 0 Å². The highest BCUT2D eigenvalue weighted by Crippen LogP contribution is 2.33. The van der Waals surface area contributed by atoms with E-state index in [1.807, 2.05) is 23.9 Å². The monoisotopic (exact) mass is 259 g/mol. The summed E-state index contributed by atoms with van der Waals surface area (Å²) in [7, 11) is 1.97. The Kier molecular flexibility index (Phi) is 3.29. The largest absolute Gasteiger partial charge is 0.367 e. The highest BCUT2D eigenvalue weighted by atomic mass is 16.5. The van der Waals surface area contributed by atoms with Gasteiger partial charge in [-0.05, 0) is 18.9 Å². The van der Waals surface area contributed by atoms with E-state index in [0.717, 1.165) is 24.1 Å². The third-order valence-electron chi connectivity index (χ3n) is 4.24. The predicted molar refractivity (Wildman–Crippen MR) is 75.8 cm³/mol. The van der Waals surface area contributed by atoms with Crippen LogP contribution in [0.25, 0.3) is 10.9 Å². The van der Waals surface area contributed by atoms with E-state index in [4.69, 9.17) is 10.5 Å². The Morgan fingerprint density at radius 3 is 2.79 bits per heavy atom. The molecule has 0 spiro atoms. The fourth-order valence-corrected chi connectivity index (χ4v) is 3.04. The molecule has 2 N–H and O–H groups in total. The maximum atomic E-state index is 6.15. The second-order valence-corrected chi connectivity index (χ2v) is 5.47. The number of fused-ring (bicyclic) bond motifs is 1. The van der Waals surface area contributed by atoms with Gasteiger partial charge in [-0.3, -0.25) is 4.68 Å². The van der Waals surface area contributed by atoms with Crippen molar-refractivity contribution in [3.05, 3.63) is 30.0 Å². The molecule has 0 atom stereocenters. The molecule has 1 fully saturated rings. The maximum Gasteiger partial charge on any atom is 0.0960 e. The summed E-state index contributed by atoms with van der Waals surface area (Å²) in [5.74, 6) is 0. The van der Waals surface area contributed by atoms with Crippen LogP contribution in [0.2, 0.25) is 0 Å². The summed E-state index contributed by atoms with van der Waals surface area (Å²) in [4.78, 5) is 0. The second kappa shape index (κ2) is 4.94. The van der Waals surface area contributed by atoms with Gasteiger partial charge in [0.2, 0.25) is 0 Å². The van der Waals surface area contributed by atoms with Gasteiger partial charge in [0, 0.05) is 19.0 Å². The summed E-state index contributed by atoms with van der Waals surface area (Å²) in [6.45, 7) is 1.16. The third-order valence-corrected chi connectivity index (χ3v) is 4.24. The van der Waals surface area contributed by atoms with Crippen molar-refractivity contribution in [3.8, 4) is 0 Å². The summed E-state index contributed by atoms with van der Waals surface area (Å²) in [6, 6.07) is 8.26. The third kappa shape index (κ3) is 2.26. The summed E-state index contributed by atoms with van der Waals surface area (Å²) in [6.07, 6.45) is 4.60. The molecule has 102 valence electrons. The van der Waals surface area contributed by atoms with Crippen LogP contribution in [0, 0.1) is 0 Å². The smallest absolute Gasteiger partial charge is 0.0960 e. The van der Waals surface area contributed by atoms with Crippen LogP contribution in [0.5, 0.6) is 0 Å². The molecule has 0 aliphatic heterocycles. The number of nitrogens with zero attached hydrogens (tertiary/aromatic N) is 2. The van der Waals surface area contributed by atoms with Crippen molar-refractivity contribution in [2.24, 2.45) is 12.8 Å². The van der Waals surface area contributed by atoms with Crippen LogP contribution in [-0.4, -0.2) is 21.9 Å². The van der Waals surface area contributed by atoms with Crippen molar-refractivity contribution in [2.75, 3.05) is 6.54 Å². The summed E-state index contributed by atoms with van der Waals surface area (Å²) in [5.41, 5.74) is 7.95. The Hall–Kier alpha value is -1.39. The SMILES string of the molecule is Cn1nc(COC2(CN)CCCC2)c2ccccc21. The summed E-state index contributed by atoms with van der Waals surface area (Å²) < 4.78 is 8.06. The van der Waals surface area contributed by atoms with E-state index in [1.165, 1.54) is 18.2 Å². The minimum Gasteiger partial charge on any atom is -0.367 e. The fourth-order valence-electron chi connectivity index (χ4n) is 3.04. The molecule has 1 aliphatic rings. The average Bonchev–Trinajstić information content (AvgIpc) is 3.03. The molecule has 19 heavy (non-hydrogen) atoms. The van der Waals surface area contributed by atoms with E-state index in [9.17, 15) is 0 Å². The van der Waals surface area contributed by atoms with E-state index in [2.05, 4.69) is 17.2 Å². The highest BCUT2D eigenvalue weighted by Gasteiger charge is 2.33. The molecule has 4 nitrogen and oxygen atoms in total.